The Labute approximate surface area is 135 Å². The summed E-state index contributed by atoms with van der Waals surface area (Å²) in [4.78, 5) is 11.1. The molecule has 3 heteroatoms. The molecular formula is C19H19ClO2. The highest BCUT2D eigenvalue weighted by Crippen LogP contribution is 2.45. The second-order valence-electron chi connectivity index (χ2n) is 6.03. The normalized spacial score (nSPS) is 17.1. The van der Waals surface area contributed by atoms with Gasteiger partial charge < -0.3 is 5.11 Å². The van der Waals surface area contributed by atoms with E-state index in [0.29, 0.717) is 5.56 Å². The van der Waals surface area contributed by atoms with Crippen LogP contribution in [0.25, 0.3) is 0 Å². The molecule has 1 N–H and O–H groups in total. The Morgan fingerprint density at radius 2 is 1.36 bits per heavy atom. The van der Waals surface area contributed by atoms with Crippen LogP contribution in [0.5, 0.6) is 0 Å². The molecule has 1 aliphatic rings. The molecule has 0 aromatic heterocycles. The fourth-order valence-electron chi connectivity index (χ4n) is 3.60. The second-order valence-corrected chi connectivity index (χ2v) is 6.47. The molecule has 3 rings (SSSR count). The van der Waals surface area contributed by atoms with Crippen LogP contribution in [-0.2, 0) is 5.41 Å². The average molecular weight is 315 g/mol. The van der Waals surface area contributed by atoms with Gasteiger partial charge >= 0.3 is 5.97 Å². The molecule has 0 spiro atoms. The van der Waals surface area contributed by atoms with Crippen molar-refractivity contribution in [2.24, 2.45) is 0 Å². The first-order valence-corrected chi connectivity index (χ1v) is 8.09. The number of hydrogen-bond acceptors (Lipinski definition) is 1. The predicted octanol–water partition coefficient (Wildman–Crippen LogP) is 5.29. The van der Waals surface area contributed by atoms with E-state index in [1.54, 1.807) is 12.1 Å². The Hall–Kier alpha value is -1.80. The molecule has 0 radical (unpaired) electrons. The number of halogens is 1. The zero-order chi connectivity index (χ0) is 15.6. The number of aromatic carboxylic acids is 1. The van der Waals surface area contributed by atoms with Crippen molar-refractivity contribution in [3.8, 4) is 0 Å². The Kier molecular flexibility index (Phi) is 4.21. The van der Waals surface area contributed by atoms with Crippen molar-refractivity contribution in [2.45, 2.75) is 37.5 Å². The maximum Gasteiger partial charge on any atom is 0.335 e. The standard InChI is InChI=1S/C19H19ClO2/c20-17-10-8-16(9-11-17)19(12-2-1-3-13-19)15-6-4-14(5-7-15)18(21)22/h4-11H,1-3,12-13H2,(H,21,22). The van der Waals surface area contributed by atoms with Crippen LogP contribution < -0.4 is 0 Å². The molecule has 1 fully saturated rings. The molecule has 2 nitrogen and oxygen atoms in total. The summed E-state index contributed by atoms with van der Waals surface area (Å²) in [7, 11) is 0. The molecule has 0 unspecified atom stereocenters. The van der Waals surface area contributed by atoms with E-state index in [1.807, 2.05) is 24.3 Å². The summed E-state index contributed by atoms with van der Waals surface area (Å²) in [6.45, 7) is 0. The zero-order valence-corrected chi connectivity index (χ0v) is 13.1. The highest BCUT2D eigenvalue weighted by atomic mass is 35.5. The number of carboxylic acids is 1. The van der Waals surface area contributed by atoms with E-state index < -0.39 is 5.97 Å². The van der Waals surface area contributed by atoms with Gasteiger partial charge in [0.15, 0.2) is 0 Å². The molecule has 114 valence electrons. The fraction of sp³-hybridized carbons (Fsp3) is 0.316. The van der Waals surface area contributed by atoms with Crippen molar-refractivity contribution in [2.75, 3.05) is 0 Å². The Bertz CT molecular complexity index is 653. The molecule has 0 aliphatic heterocycles. The second kappa shape index (κ2) is 6.13. The maximum absolute atomic E-state index is 11.1. The molecule has 0 heterocycles. The van der Waals surface area contributed by atoms with E-state index in [9.17, 15) is 4.79 Å². The van der Waals surface area contributed by atoms with Gasteiger partial charge in [-0.3, -0.25) is 0 Å². The van der Waals surface area contributed by atoms with Crippen molar-refractivity contribution in [3.05, 3.63) is 70.2 Å². The van der Waals surface area contributed by atoms with Gasteiger partial charge in [0, 0.05) is 10.4 Å². The largest absolute Gasteiger partial charge is 0.478 e. The van der Waals surface area contributed by atoms with Crippen LogP contribution in [-0.4, -0.2) is 11.1 Å². The Morgan fingerprint density at radius 3 is 1.86 bits per heavy atom. The van der Waals surface area contributed by atoms with Gasteiger partial charge in [-0.25, -0.2) is 4.79 Å². The number of carbonyl (C=O) groups is 1. The summed E-state index contributed by atoms with van der Waals surface area (Å²) < 4.78 is 0. The van der Waals surface area contributed by atoms with Gasteiger partial charge in [-0.2, -0.15) is 0 Å². The van der Waals surface area contributed by atoms with Gasteiger partial charge in [-0.15, -0.1) is 0 Å². The van der Waals surface area contributed by atoms with Gasteiger partial charge in [0.2, 0.25) is 0 Å². The van der Waals surface area contributed by atoms with Gasteiger partial charge in [0.05, 0.1) is 5.56 Å². The summed E-state index contributed by atoms with van der Waals surface area (Å²) in [5.74, 6) is -0.879. The van der Waals surface area contributed by atoms with E-state index >= 15 is 0 Å². The van der Waals surface area contributed by atoms with Crippen molar-refractivity contribution < 1.29 is 9.90 Å². The molecule has 2 aromatic rings. The molecule has 1 aliphatic carbocycles. The van der Waals surface area contributed by atoms with Gasteiger partial charge in [0.25, 0.3) is 0 Å². The van der Waals surface area contributed by atoms with E-state index in [2.05, 4.69) is 12.1 Å². The smallest absolute Gasteiger partial charge is 0.335 e. The zero-order valence-electron chi connectivity index (χ0n) is 12.4. The van der Waals surface area contributed by atoms with E-state index in [1.165, 1.54) is 30.4 Å². The Morgan fingerprint density at radius 1 is 0.864 bits per heavy atom. The fourth-order valence-corrected chi connectivity index (χ4v) is 3.73. The molecule has 1 saturated carbocycles. The number of carboxylic acid groups (broad SMARTS) is 1. The van der Waals surface area contributed by atoms with Crippen LogP contribution in [0.15, 0.2) is 48.5 Å². The number of rotatable bonds is 3. The van der Waals surface area contributed by atoms with Crippen molar-refractivity contribution >= 4 is 17.6 Å². The lowest BCUT2D eigenvalue weighted by atomic mass is 9.65. The third kappa shape index (κ3) is 2.76. The lowest BCUT2D eigenvalue weighted by Gasteiger charge is -2.38. The van der Waals surface area contributed by atoms with Crippen molar-refractivity contribution in [3.63, 3.8) is 0 Å². The van der Waals surface area contributed by atoms with Gasteiger partial charge in [0.1, 0.15) is 0 Å². The monoisotopic (exact) mass is 314 g/mol. The minimum atomic E-state index is -0.879. The van der Waals surface area contributed by atoms with Crippen LogP contribution in [0.3, 0.4) is 0 Å². The molecule has 0 atom stereocenters. The highest BCUT2D eigenvalue weighted by molar-refractivity contribution is 6.30. The minimum absolute atomic E-state index is 0.0140. The molecular weight excluding hydrogens is 296 g/mol. The molecule has 0 saturated heterocycles. The maximum atomic E-state index is 11.1. The third-order valence-electron chi connectivity index (χ3n) is 4.79. The first-order valence-electron chi connectivity index (χ1n) is 7.72. The van der Waals surface area contributed by atoms with E-state index in [4.69, 9.17) is 16.7 Å². The summed E-state index contributed by atoms with van der Waals surface area (Å²) in [5.41, 5.74) is 2.81. The first-order chi connectivity index (χ1) is 10.6. The van der Waals surface area contributed by atoms with Crippen LogP contribution in [0.2, 0.25) is 5.02 Å². The summed E-state index contributed by atoms with van der Waals surface area (Å²) in [6.07, 6.45) is 5.86. The van der Waals surface area contributed by atoms with Crippen LogP contribution >= 0.6 is 11.6 Å². The molecule has 2 aromatic carbocycles. The summed E-state index contributed by atoms with van der Waals surface area (Å²) in [6, 6.07) is 15.5. The van der Waals surface area contributed by atoms with E-state index in [-0.39, 0.29) is 5.41 Å². The van der Waals surface area contributed by atoms with Gasteiger partial charge in [-0.05, 0) is 48.2 Å². The highest BCUT2D eigenvalue weighted by Gasteiger charge is 2.35. The summed E-state index contributed by atoms with van der Waals surface area (Å²) >= 11 is 6.03. The van der Waals surface area contributed by atoms with Crippen molar-refractivity contribution in [1.82, 2.24) is 0 Å². The number of benzene rings is 2. The SMILES string of the molecule is O=C(O)c1ccc(C2(c3ccc(Cl)cc3)CCCCC2)cc1. The van der Waals surface area contributed by atoms with Crippen LogP contribution in [0.1, 0.15) is 53.6 Å². The Balaban J connectivity index is 2.05. The summed E-state index contributed by atoms with van der Waals surface area (Å²) in [5, 5.41) is 9.83. The average Bonchev–Trinajstić information content (AvgIpc) is 2.56. The molecule has 22 heavy (non-hydrogen) atoms. The topological polar surface area (TPSA) is 37.3 Å². The quantitative estimate of drug-likeness (QED) is 0.836. The molecule has 0 amide bonds. The van der Waals surface area contributed by atoms with Gasteiger partial charge in [-0.1, -0.05) is 55.1 Å². The number of hydrogen-bond donors (Lipinski definition) is 1. The first kappa shape index (κ1) is 15.1. The van der Waals surface area contributed by atoms with Crippen LogP contribution in [0.4, 0.5) is 0 Å². The lowest BCUT2D eigenvalue weighted by Crippen LogP contribution is -2.30. The predicted molar refractivity (Wildman–Crippen MR) is 88.7 cm³/mol. The van der Waals surface area contributed by atoms with E-state index in [0.717, 1.165) is 17.9 Å². The minimum Gasteiger partial charge on any atom is -0.478 e. The van der Waals surface area contributed by atoms with Crippen molar-refractivity contribution in [1.29, 1.82) is 0 Å². The lowest BCUT2D eigenvalue weighted by molar-refractivity contribution is 0.0697. The third-order valence-corrected chi connectivity index (χ3v) is 5.04. The molecule has 0 bridgehead atoms. The van der Waals surface area contributed by atoms with Crippen LogP contribution in [0, 0.1) is 0 Å².